The van der Waals surface area contributed by atoms with E-state index >= 15 is 0 Å². The molecule has 0 aliphatic heterocycles. The van der Waals surface area contributed by atoms with Crippen LogP contribution in [0.4, 0.5) is 5.95 Å². The standard InChI is InChI=1S/C18H20N6O3/c1-11(2)10-24-14-15(23(3)18(26)21-16(14)25)20-17(24)22-19-9-12-5-7-13(27-4)8-6-12/h5-9H,1,10H2,2-4H3,(H,20,22)(H,21,25,26). The van der Waals surface area contributed by atoms with E-state index in [2.05, 4.69) is 27.1 Å². The second-order valence-electron chi connectivity index (χ2n) is 6.11. The molecule has 3 aromatic rings. The zero-order chi connectivity index (χ0) is 19.6. The summed E-state index contributed by atoms with van der Waals surface area (Å²) < 4.78 is 8.04. The largest absolute Gasteiger partial charge is 0.497 e. The van der Waals surface area contributed by atoms with E-state index in [9.17, 15) is 9.59 Å². The van der Waals surface area contributed by atoms with Gasteiger partial charge in [0.2, 0.25) is 5.95 Å². The van der Waals surface area contributed by atoms with Gasteiger partial charge in [0, 0.05) is 13.6 Å². The Bertz CT molecular complexity index is 1130. The highest BCUT2D eigenvalue weighted by Crippen LogP contribution is 2.17. The summed E-state index contributed by atoms with van der Waals surface area (Å²) in [6, 6.07) is 7.37. The highest BCUT2D eigenvalue weighted by Gasteiger charge is 2.17. The Balaban J connectivity index is 1.99. The lowest BCUT2D eigenvalue weighted by molar-refractivity contribution is 0.415. The van der Waals surface area contributed by atoms with Crippen LogP contribution in [0.25, 0.3) is 11.2 Å². The third kappa shape index (κ3) is 3.66. The Morgan fingerprint density at radius 2 is 2.07 bits per heavy atom. The number of benzene rings is 1. The predicted molar refractivity (Wildman–Crippen MR) is 105 cm³/mol. The molecular formula is C18H20N6O3. The van der Waals surface area contributed by atoms with E-state index in [0.717, 1.165) is 16.9 Å². The summed E-state index contributed by atoms with van der Waals surface area (Å²) in [4.78, 5) is 30.8. The normalized spacial score (nSPS) is 11.2. The van der Waals surface area contributed by atoms with Crippen molar-refractivity contribution in [3.05, 3.63) is 62.8 Å². The van der Waals surface area contributed by atoms with Gasteiger partial charge in [0.15, 0.2) is 11.2 Å². The summed E-state index contributed by atoms with van der Waals surface area (Å²) >= 11 is 0. The average molecular weight is 368 g/mol. The summed E-state index contributed by atoms with van der Waals surface area (Å²) in [7, 11) is 3.15. The van der Waals surface area contributed by atoms with Crippen LogP contribution in [-0.2, 0) is 13.6 Å². The molecule has 27 heavy (non-hydrogen) atoms. The molecular weight excluding hydrogens is 348 g/mol. The number of aromatic nitrogens is 4. The van der Waals surface area contributed by atoms with Crippen LogP contribution in [0.5, 0.6) is 5.75 Å². The molecule has 0 amide bonds. The van der Waals surface area contributed by atoms with Gasteiger partial charge in [-0.1, -0.05) is 12.2 Å². The number of methoxy groups -OCH3 is 1. The molecule has 3 rings (SSSR count). The van der Waals surface area contributed by atoms with Gasteiger partial charge in [0.25, 0.3) is 5.56 Å². The molecule has 0 unspecified atom stereocenters. The Kier molecular flexibility index (Phi) is 4.93. The Morgan fingerprint density at radius 3 is 2.70 bits per heavy atom. The van der Waals surface area contributed by atoms with E-state index in [1.807, 2.05) is 31.2 Å². The molecule has 9 nitrogen and oxygen atoms in total. The minimum Gasteiger partial charge on any atom is -0.497 e. The first-order chi connectivity index (χ1) is 12.9. The number of anilines is 1. The number of rotatable bonds is 6. The van der Waals surface area contributed by atoms with Gasteiger partial charge < -0.3 is 4.74 Å². The maximum absolute atomic E-state index is 12.3. The molecule has 0 saturated heterocycles. The highest BCUT2D eigenvalue weighted by molar-refractivity contribution is 5.80. The fourth-order valence-corrected chi connectivity index (χ4v) is 2.60. The van der Waals surface area contributed by atoms with E-state index in [-0.39, 0.29) is 11.2 Å². The van der Waals surface area contributed by atoms with Crippen molar-refractivity contribution in [2.75, 3.05) is 12.5 Å². The van der Waals surface area contributed by atoms with Crippen LogP contribution in [-0.4, -0.2) is 32.4 Å². The maximum atomic E-state index is 12.3. The molecule has 1 aromatic carbocycles. The van der Waals surface area contributed by atoms with Crippen LogP contribution >= 0.6 is 0 Å². The van der Waals surface area contributed by atoms with Crippen molar-refractivity contribution >= 4 is 23.3 Å². The van der Waals surface area contributed by atoms with Crippen molar-refractivity contribution in [1.82, 2.24) is 19.1 Å². The minimum absolute atomic E-state index is 0.271. The maximum Gasteiger partial charge on any atom is 0.329 e. The fourth-order valence-electron chi connectivity index (χ4n) is 2.60. The molecule has 0 radical (unpaired) electrons. The molecule has 2 N–H and O–H groups in total. The van der Waals surface area contributed by atoms with Gasteiger partial charge in [-0.3, -0.25) is 18.9 Å². The molecule has 2 heterocycles. The lowest BCUT2D eigenvalue weighted by atomic mass is 10.2. The smallest absolute Gasteiger partial charge is 0.329 e. The van der Waals surface area contributed by atoms with Gasteiger partial charge in [-0.2, -0.15) is 10.1 Å². The van der Waals surface area contributed by atoms with Crippen LogP contribution in [0.2, 0.25) is 0 Å². The first kappa shape index (κ1) is 18.2. The number of hydrogen-bond acceptors (Lipinski definition) is 6. The van der Waals surface area contributed by atoms with Crippen LogP contribution in [0.15, 0.2) is 51.1 Å². The molecule has 0 saturated carbocycles. The number of nitrogens with one attached hydrogen (secondary N) is 2. The number of H-pyrrole nitrogens is 1. The number of imidazole rings is 1. The number of hydrazone groups is 1. The molecule has 0 fully saturated rings. The fraction of sp³-hybridized carbons (Fsp3) is 0.222. The SMILES string of the molecule is C=C(C)Cn1c(NN=Cc2ccc(OC)cc2)nc2c1c(=O)[nH]c(=O)n2C. The zero-order valence-electron chi connectivity index (χ0n) is 15.3. The lowest BCUT2D eigenvalue weighted by Gasteiger charge is -2.07. The van der Waals surface area contributed by atoms with Crippen molar-refractivity contribution in [1.29, 1.82) is 0 Å². The van der Waals surface area contributed by atoms with Gasteiger partial charge in [0.1, 0.15) is 5.75 Å². The van der Waals surface area contributed by atoms with Crippen LogP contribution in [0.1, 0.15) is 12.5 Å². The van der Waals surface area contributed by atoms with Crippen LogP contribution in [0, 0.1) is 0 Å². The van der Waals surface area contributed by atoms with Crippen LogP contribution in [0.3, 0.4) is 0 Å². The number of aromatic amines is 1. The second-order valence-corrected chi connectivity index (χ2v) is 6.11. The molecule has 140 valence electrons. The van der Waals surface area contributed by atoms with Gasteiger partial charge in [-0.05, 0) is 36.8 Å². The third-order valence-corrected chi connectivity index (χ3v) is 3.93. The number of fused-ring (bicyclic) bond motifs is 1. The number of hydrogen-bond donors (Lipinski definition) is 2. The predicted octanol–water partition coefficient (Wildman–Crippen LogP) is 1.45. The number of ether oxygens (including phenoxy) is 1. The number of allylic oxidation sites excluding steroid dienone is 1. The number of nitrogens with zero attached hydrogens (tertiary/aromatic N) is 4. The topological polar surface area (TPSA) is 106 Å². The Morgan fingerprint density at radius 1 is 1.37 bits per heavy atom. The number of aryl methyl sites for hydroxylation is 1. The van der Waals surface area contributed by atoms with Crippen LogP contribution < -0.4 is 21.4 Å². The summed E-state index contributed by atoms with van der Waals surface area (Å²) in [6.07, 6.45) is 1.62. The summed E-state index contributed by atoms with van der Waals surface area (Å²) in [5.41, 5.74) is 4.04. The summed E-state index contributed by atoms with van der Waals surface area (Å²) in [5.74, 6) is 1.09. The van der Waals surface area contributed by atoms with Gasteiger partial charge in [-0.15, -0.1) is 0 Å². The molecule has 0 aliphatic rings. The molecule has 0 atom stereocenters. The monoisotopic (exact) mass is 368 g/mol. The molecule has 0 bridgehead atoms. The molecule has 0 aliphatic carbocycles. The Labute approximate surface area is 154 Å². The van der Waals surface area contributed by atoms with Crippen molar-refractivity contribution in [3.63, 3.8) is 0 Å². The minimum atomic E-state index is -0.527. The van der Waals surface area contributed by atoms with E-state index in [1.54, 1.807) is 24.9 Å². The van der Waals surface area contributed by atoms with Crippen molar-refractivity contribution in [3.8, 4) is 5.75 Å². The van der Waals surface area contributed by atoms with E-state index in [1.165, 1.54) is 4.57 Å². The first-order valence-corrected chi connectivity index (χ1v) is 8.17. The van der Waals surface area contributed by atoms with Crippen molar-refractivity contribution in [2.45, 2.75) is 13.5 Å². The molecule has 0 spiro atoms. The quantitative estimate of drug-likeness (QED) is 0.389. The first-order valence-electron chi connectivity index (χ1n) is 8.17. The van der Waals surface area contributed by atoms with Crippen molar-refractivity contribution in [2.24, 2.45) is 12.1 Å². The zero-order valence-corrected chi connectivity index (χ0v) is 15.3. The highest BCUT2D eigenvalue weighted by atomic mass is 16.5. The van der Waals surface area contributed by atoms with Crippen molar-refractivity contribution < 1.29 is 4.74 Å². The van der Waals surface area contributed by atoms with E-state index in [4.69, 9.17) is 4.74 Å². The van der Waals surface area contributed by atoms with Gasteiger partial charge >= 0.3 is 5.69 Å². The van der Waals surface area contributed by atoms with Gasteiger partial charge in [-0.25, -0.2) is 10.2 Å². The second kappa shape index (κ2) is 7.32. The van der Waals surface area contributed by atoms with E-state index in [0.29, 0.717) is 12.5 Å². The lowest BCUT2D eigenvalue weighted by Crippen LogP contribution is -2.29. The molecule has 9 heteroatoms. The molecule has 2 aromatic heterocycles. The van der Waals surface area contributed by atoms with E-state index < -0.39 is 11.2 Å². The Hall–Kier alpha value is -3.62. The average Bonchev–Trinajstić information content (AvgIpc) is 2.99. The summed E-state index contributed by atoms with van der Waals surface area (Å²) in [6.45, 7) is 6.08. The summed E-state index contributed by atoms with van der Waals surface area (Å²) in [5, 5.41) is 4.18. The van der Waals surface area contributed by atoms with Gasteiger partial charge in [0.05, 0.1) is 13.3 Å². The third-order valence-electron chi connectivity index (χ3n) is 3.93.